The number of carbonyl (C=O) groups excluding carboxylic acids is 1. The Hall–Kier alpha value is -2.12. The Labute approximate surface area is 101 Å². The van der Waals surface area contributed by atoms with Crippen molar-refractivity contribution in [2.75, 3.05) is 18.8 Å². The quantitative estimate of drug-likeness (QED) is 0.786. The molecule has 6 nitrogen and oxygen atoms in total. The summed E-state index contributed by atoms with van der Waals surface area (Å²) < 4.78 is 32.1. The summed E-state index contributed by atoms with van der Waals surface area (Å²) in [5, 5.41) is 10.5. The molecule has 1 fully saturated rings. The SMILES string of the molecule is Nc1ncccc1O[C@H]1CN(C(=O)[O-])CC1(F)F. The minimum absolute atomic E-state index is 0.00220. The van der Waals surface area contributed by atoms with Gasteiger partial charge in [0, 0.05) is 6.20 Å². The molecule has 0 radical (unpaired) electrons. The van der Waals surface area contributed by atoms with E-state index in [1.54, 1.807) is 0 Å². The number of hydrogen-bond acceptors (Lipinski definition) is 5. The van der Waals surface area contributed by atoms with Crippen molar-refractivity contribution in [3.05, 3.63) is 18.3 Å². The Kier molecular flexibility index (Phi) is 2.93. The number of likely N-dealkylation sites (tertiary alicyclic amines) is 1. The van der Waals surface area contributed by atoms with E-state index in [2.05, 4.69) is 4.98 Å². The van der Waals surface area contributed by atoms with Crippen molar-refractivity contribution in [3.8, 4) is 5.75 Å². The lowest BCUT2D eigenvalue weighted by Gasteiger charge is -2.19. The lowest BCUT2D eigenvalue weighted by Crippen LogP contribution is -2.40. The molecule has 1 aliphatic heterocycles. The molecular weight excluding hydrogens is 248 g/mol. The average molecular weight is 258 g/mol. The van der Waals surface area contributed by atoms with Gasteiger partial charge in [-0.25, -0.2) is 13.8 Å². The molecule has 8 heteroatoms. The van der Waals surface area contributed by atoms with E-state index in [9.17, 15) is 18.7 Å². The first-order chi connectivity index (χ1) is 8.40. The summed E-state index contributed by atoms with van der Waals surface area (Å²) >= 11 is 0. The largest absolute Gasteiger partial charge is 0.530 e. The van der Waals surface area contributed by atoms with Gasteiger partial charge in [0.15, 0.2) is 17.7 Å². The van der Waals surface area contributed by atoms with Crippen LogP contribution in [0.1, 0.15) is 0 Å². The molecule has 1 saturated heterocycles. The molecule has 0 saturated carbocycles. The molecule has 98 valence electrons. The molecule has 1 atom stereocenters. The van der Waals surface area contributed by atoms with Gasteiger partial charge >= 0.3 is 5.92 Å². The smallest absolute Gasteiger partial charge is 0.302 e. The zero-order chi connectivity index (χ0) is 13.3. The first kappa shape index (κ1) is 12.3. The lowest BCUT2D eigenvalue weighted by atomic mass is 10.2. The van der Waals surface area contributed by atoms with Crippen LogP contribution in [0.4, 0.5) is 19.4 Å². The first-order valence-corrected chi connectivity index (χ1v) is 5.11. The number of alkyl halides is 2. The Morgan fingerprint density at radius 1 is 1.67 bits per heavy atom. The van der Waals surface area contributed by atoms with Crippen molar-refractivity contribution in [2.45, 2.75) is 12.0 Å². The Morgan fingerprint density at radius 2 is 2.39 bits per heavy atom. The van der Waals surface area contributed by atoms with Crippen molar-refractivity contribution in [1.82, 2.24) is 9.88 Å². The third-order valence-electron chi connectivity index (χ3n) is 2.59. The van der Waals surface area contributed by atoms with Gasteiger partial charge in [-0.2, -0.15) is 0 Å². The van der Waals surface area contributed by atoms with Crippen LogP contribution in [0.25, 0.3) is 0 Å². The van der Waals surface area contributed by atoms with Gasteiger partial charge in [0.25, 0.3) is 0 Å². The number of carboxylic acid groups (broad SMARTS) is 1. The zero-order valence-corrected chi connectivity index (χ0v) is 9.18. The number of halogens is 2. The number of nitrogens with zero attached hydrogens (tertiary/aromatic N) is 2. The van der Waals surface area contributed by atoms with E-state index >= 15 is 0 Å². The summed E-state index contributed by atoms with van der Waals surface area (Å²) in [6.45, 7) is -1.41. The number of nitrogens with two attached hydrogens (primary N) is 1. The fourth-order valence-electron chi connectivity index (χ4n) is 1.67. The monoisotopic (exact) mass is 258 g/mol. The van der Waals surface area contributed by atoms with E-state index in [4.69, 9.17) is 10.5 Å². The van der Waals surface area contributed by atoms with Gasteiger partial charge in [-0.1, -0.05) is 0 Å². The number of rotatable bonds is 2. The summed E-state index contributed by atoms with van der Waals surface area (Å²) in [4.78, 5) is 14.7. The third kappa shape index (κ3) is 2.27. The number of amides is 1. The third-order valence-corrected chi connectivity index (χ3v) is 2.59. The Morgan fingerprint density at radius 3 is 2.94 bits per heavy atom. The predicted molar refractivity (Wildman–Crippen MR) is 55.0 cm³/mol. The predicted octanol–water partition coefficient (Wildman–Crippen LogP) is -0.295. The average Bonchev–Trinajstić information content (AvgIpc) is 2.58. The van der Waals surface area contributed by atoms with Crippen LogP contribution in [0.15, 0.2) is 18.3 Å². The van der Waals surface area contributed by atoms with Crippen molar-refractivity contribution in [3.63, 3.8) is 0 Å². The highest BCUT2D eigenvalue weighted by atomic mass is 19.3. The number of anilines is 1. The molecule has 0 bridgehead atoms. The van der Waals surface area contributed by atoms with Gasteiger partial charge in [-0.15, -0.1) is 0 Å². The van der Waals surface area contributed by atoms with Crippen molar-refractivity contribution >= 4 is 11.9 Å². The maximum absolute atomic E-state index is 13.5. The van der Waals surface area contributed by atoms with E-state index < -0.39 is 31.2 Å². The van der Waals surface area contributed by atoms with Gasteiger partial charge in [0.2, 0.25) is 0 Å². The van der Waals surface area contributed by atoms with Gasteiger partial charge in [0.05, 0.1) is 13.1 Å². The highest BCUT2D eigenvalue weighted by Crippen LogP contribution is 2.32. The van der Waals surface area contributed by atoms with E-state index in [0.717, 1.165) is 0 Å². The fourth-order valence-corrected chi connectivity index (χ4v) is 1.67. The maximum atomic E-state index is 13.5. The standard InChI is InChI=1S/C10H11F2N3O3/c11-10(12)5-15(9(16)17)4-7(10)18-6-2-1-3-14-8(6)13/h1-3,7H,4-5H2,(H2,13,14)(H,16,17)/p-1/t7-/m0/s1. The maximum Gasteiger partial charge on any atom is 0.302 e. The summed E-state index contributed by atoms with van der Waals surface area (Å²) in [7, 11) is 0. The molecule has 1 amide bonds. The highest BCUT2D eigenvalue weighted by molar-refractivity contribution is 5.63. The second kappa shape index (κ2) is 4.28. The molecule has 2 rings (SSSR count). The van der Waals surface area contributed by atoms with Crippen LogP contribution in [0, 0.1) is 0 Å². The van der Waals surface area contributed by atoms with Crippen molar-refractivity contribution in [1.29, 1.82) is 0 Å². The van der Waals surface area contributed by atoms with Gasteiger partial charge in [-0.3, -0.25) is 0 Å². The number of ether oxygens (including phenoxy) is 1. The zero-order valence-electron chi connectivity index (χ0n) is 9.18. The van der Waals surface area contributed by atoms with Gasteiger partial charge in [0.1, 0.15) is 6.09 Å². The number of pyridine rings is 1. The van der Waals surface area contributed by atoms with E-state index in [1.165, 1.54) is 18.3 Å². The molecule has 0 aromatic carbocycles. The second-order valence-electron chi connectivity index (χ2n) is 3.90. The van der Waals surface area contributed by atoms with Crippen LogP contribution in [0.2, 0.25) is 0 Å². The Bertz CT molecular complexity index is 469. The summed E-state index contributed by atoms with van der Waals surface area (Å²) in [6.07, 6.45) is -1.86. The van der Waals surface area contributed by atoms with Crippen LogP contribution in [-0.4, -0.2) is 41.1 Å². The molecule has 1 aliphatic rings. The normalized spacial score (nSPS) is 21.9. The second-order valence-corrected chi connectivity index (χ2v) is 3.90. The van der Waals surface area contributed by atoms with Gasteiger partial charge in [-0.05, 0) is 12.1 Å². The van der Waals surface area contributed by atoms with E-state index in [0.29, 0.717) is 4.90 Å². The molecule has 0 spiro atoms. The fraction of sp³-hybridized carbons (Fsp3) is 0.400. The molecule has 2 N–H and O–H groups in total. The van der Waals surface area contributed by atoms with Crippen LogP contribution < -0.4 is 15.6 Å². The van der Waals surface area contributed by atoms with Crippen LogP contribution >= 0.6 is 0 Å². The Balaban J connectivity index is 2.14. The molecule has 1 aromatic heterocycles. The number of aromatic nitrogens is 1. The van der Waals surface area contributed by atoms with E-state index in [-0.39, 0.29) is 11.6 Å². The number of carbonyl (C=O) groups is 1. The van der Waals surface area contributed by atoms with Gasteiger partial charge < -0.3 is 25.3 Å². The van der Waals surface area contributed by atoms with E-state index in [1.807, 2.05) is 0 Å². The molecule has 18 heavy (non-hydrogen) atoms. The van der Waals surface area contributed by atoms with Crippen molar-refractivity contribution < 1.29 is 23.4 Å². The van der Waals surface area contributed by atoms with Crippen molar-refractivity contribution in [2.24, 2.45) is 0 Å². The summed E-state index contributed by atoms with van der Waals surface area (Å²) in [6, 6.07) is 2.87. The molecule has 0 aliphatic carbocycles. The topological polar surface area (TPSA) is 91.5 Å². The highest BCUT2D eigenvalue weighted by Gasteiger charge is 2.50. The minimum atomic E-state index is -3.29. The van der Waals surface area contributed by atoms with Crippen LogP contribution in [0.5, 0.6) is 5.75 Å². The minimum Gasteiger partial charge on any atom is -0.530 e. The number of hydrogen-bond donors (Lipinski definition) is 1. The molecule has 2 heterocycles. The van der Waals surface area contributed by atoms with Crippen LogP contribution in [-0.2, 0) is 0 Å². The molecule has 1 aromatic rings. The molecule has 0 unspecified atom stereocenters. The summed E-state index contributed by atoms with van der Waals surface area (Å²) in [5.74, 6) is -3.31. The summed E-state index contributed by atoms with van der Waals surface area (Å²) in [5.41, 5.74) is 5.46. The molecular formula is C10H10F2N3O3-. The first-order valence-electron chi connectivity index (χ1n) is 5.11. The van der Waals surface area contributed by atoms with Crippen LogP contribution in [0.3, 0.4) is 0 Å². The lowest BCUT2D eigenvalue weighted by molar-refractivity contribution is -0.265. The number of nitrogen functional groups attached to an aromatic ring is 1.